The number of hydrogen-bond donors (Lipinski definition) is 1. The second-order valence-electron chi connectivity index (χ2n) is 8.27. The third-order valence-corrected chi connectivity index (χ3v) is 8.86. The summed E-state index contributed by atoms with van der Waals surface area (Å²) < 4.78 is 1.77. The summed E-state index contributed by atoms with van der Waals surface area (Å²) >= 11 is 15.5. The van der Waals surface area contributed by atoms with Gasteiger partial charge in [-0.05, 0) is 41.8 Å². The SMILES string of the molecule is CCC[NH+]1CCc2c(sc3nc(SCc4ccc(Cl)c(Cl)c4)n(-c4ccccc4)c(=O)c23)C1. The van der Waals surface area contributed by atoms with Gasteiger partial charge < -0.3 is 4.90 Å². The lowest BCUT2D eigenvalue weighted by Gasteiger charge is -2.23. The van der Waals surface area contributed by atoms with Crippen LogP contribution in [0.5, 0.6) is 0 Å². The number of nitrogens with one attached hydrogen (secondary N) is 1. The molecule has 1 aliphatic heterocycles. The standard InChI is InChI=1S/C25H23Cl2N3OS2/c1-2-11-29-12-10-18-21(14-29)33-23-22(18)24(31)30(17-6-4-3-5-7-17)25(28-23)32-15-16-8-9-19(26)20(27)13-16/h3-9,13H,2,10-12,14-15H2,1H3/p+1. The van der Waals surface area contributed by atoms with Crippen LogP contribution >= 0.6 is 46.3 Å². The molecule has 2 aromatic heterocycles. The van der Waals surface area contributed by atoms with Gasteiger partial charge in [0.1, 0.15) is 11.4 Å². The minimum Gasteiger partial charge on any atom is -0.330 e. The van der Waals surface area contributed by atoms with Gasteiger partial charge in [-0.2, -0.15) is 0 Å². The Balaban J connectivity index is 1.60. The normalized spacial score (nSPS) is 15.7. The fraction of sp³-hybridized carbons (Fsp3) is 0.280. The second-order valence-corrected chi connectivity index (χ2v) is 11.1. The minimum atomic E-state index is 0.0271. The number of para-hydroxylation sites is 1. The number of thioether (sulfide) groups is 1. The number of nitrogens with zero attached hydrogens (tertiary/aromatic N) is 2. The Labute approximate surface area is 211 Å². The van der Waals surface area contributed by atoms with E-state index in [1.54, 1.807) is 38.6 Å². The van der Waals surface area contributed by atoms with E-state index in [1.165, 1.54) is 23.4 Å². The fourth-order valence-corrected chi connectivity index (χ4v) is 7.01. The highest BCUT2D eigenvalue weighted by atomic mass is 35.5. The Morgan fingerprint density at radius 1 is 1.15 bits per heavy atom. The van der Waals surface area contributed by atoms with Crippen molar-refractivity contribution >= 4 is 56.5 Å². The zero-order chi connectivity index (χ0) is 22.9. The van der Waals surface area contributed by atoms with Crippen molar-refractivity contribution in [1.82, 2.24) is 9.55 Å². The number of aromatic nitrogens is 2. The molecule has 8 heteroatoms. The van der Waals surface area contributed by atoms with E-state index >= 15 is 0 Å². The summed E-state index contributed by atoms with van der Waals surface area (Å²) in [5.41, 5.74) is 3.10. The summed E-state index contributed by atoms with van der Waals surface area (Å²) in [6.07, 6.45) is 2.11. The second kappa shape index (κ2) is 9.80. The van der Waals surface area contributed by atoms with Gasteiger partial charge in [0.25, 0.3) is 5.56 Å². The summed E-state index contributed by atoms with van der Waals surface area (Å²) in [7, 11) is 0. The molecule has 0 saturated heterocycles. The summed E-state index contributed by atoms with van der Waals surface area (Å²) in [4.78, 5) is 22.7. The van der Waals surface area contributed by atoms with Crippen molar-refractivity contribution in [2.24, 2.45) is 0 Å². The zero-order valence-electron chi connectivity index (χ0n) is 18.2. The largest absolute Gasteiger partial charge is 0.330 e. The number of benzene rings is 2. The number of rotatable bonds is 6. The lowest BCUT2D eigenvalue weighted by Crippen LogP contribution is -3.11. The van der Waals surface area contributed by atoms with E-state index in [9.17, 15) is 4.79 Å². The Morgan fingerprint density at radius 3 is 2.73 bits per heavy atom. The Morgan fingerprint density at radius 2 is 1.97 bits per heavy atom. The van der Waals surface area contributed by atoms with E-state index in [1.807, 2.05) is 42.5 Å². The molecule has 0 amide bonds. The molecule has 1 aliphatic rings. The Kier molecular flexibility index (Phi) is 6.81. The van der Waals surface area contributed by atoms with Crippen molar-refractivity contribution < 1.29 is 4.90 Å². The van der Waals surface area contributed by atoms with Crippen LogP contribution in [0.1, 0.15) is 29.3 Å². The molecule has 5 rings (SSSR count). The van der Waals surface area contributed by atoms with Crippen LogP contribution in [0.15, 0.2) is 58.5 Å². The van der Waals surface area contributed by atoms with E-state index < -0.39 is 0 Å². The van der Waals surface area contributed by atoms with E-state index in [4.69, 9.17) is 28.2 Å². The molecule has 1 N–H and O–H groups in total. The Hall–Kier alpha value is -1.83. The van der Waals surface area contributed by atoms with Gasteiger partial charge in [-0.1, -0.05) is 66.2 Å². The monoisotopic (exact) mass is 516 g/mol. The summed E-state index contributed by atoms with van der Waals surface area (Å²) in [5.74, 6) is 0.640. The Bertz CT molecular complexity index is 1370. The number of fused-ring (bicyclic) bond motifs is 3. The number of quaternary nitrogens is 1. The maximum absolute atomic E-state index is 13.9. The van der Waals surface area contributed by atoms with Crippen molar-refractivity contribution in [3.05, 3.63) is 84.9 Å². The van der Waals surface area contributed by atoms with E-state index in [0.29, 0.717) is 21.0 Å². The molecule has 0 spiro atoms. The average molecular weight is 518 g/mol. The van der Waals surface area contributed by atoms with Crippen LogP contribution in [-0.2, 0) is 18.7 Å². The predicted octanol–water partition coefficient (Wildman–Crippen LogP) is 5.40. The van der Waals surface area contributed by atoms with Gasteiger partial charge in [0, 0.05) is 12.2 Å². The molecule has 0 saturated carbocycles. The van der Waals surface area contributed by atoms with Gasteiger partial charge >= 0.3 is 0 Å². The molecule has 1 unspecified atom stereocenters. The first-order valence-corrected chi connectivity index (χ1v) is 13.6. The van der Waals surface area contributed by atoms with E-state index in [-0.39, 0.29) is 5.56 Å². The van der Waals surface area contributed by atoms with Crippen LogP contribution in [0.25, 0.3) is 15.9 Å². The first-order chi connectivity index (χ1) is 16.0. The van der Waals surface area contributed by atoms with E-state index in [2.05, 4.69) is 6.92 Å². The molecular weight excluding hydrogens is 493 g/mol. The van der Waals surface area contributed by atoms with Crippen LogP contribution in [0.2, 0.25) is 10.0 Å². The first kappa shape index (κ1) is 22.9. The van der Waals surface area contributed by atoms with Crippen molar-refractivity contribution in [2.75, 3.05) is 13.1 Å². The molecule has 0 radical (unpaired) electrons. The van der Waals surface area contributed by atoms with Gasteiger partial charge in [0.2, 0.25) is 0 Å². The lowest BCUT2D eigenvalue weighted by molar-refractivity contribution is -0.915. The third kappa shape index (κ3) is 4.60. The molecule has 1 atom stereocenters. The molecule has 4 aromatic rings. The van der Waals surface area contributed by atoms with Gasteiger partial charge in [0.05, 0.1) is 39.1 Å². The van der Waals surface area contributed by atoms with Crippen LogP contribution < -0.4 is 10.5 Å². The topological polar surface area (TPSA) is 39.3 Å². The number of hydrogen-bond acceptors (Lipinski definition) is 4. The predicted molar refractivity (Wildman–Crippen MR) is 140 cm³/mol. The molecule has 3 heterocycles. The maximum atomic E-state index is 13.9. The van der Waals surface area contributed by atoms with Crippen LogP contribution in [0.3, 0.4) is 0 Å². The van der Waals surface area contributed by atoms with Gasteiger partial charge in [0.15, 0.2) is 5.16 Å². The van der Waals surface area contributed by atoms with Crippen LogP contribution in [0, 0.1) is 0 Å². The molecule has 4 nitrogen and oxygen atoms in total. The number of thiophene rings is 1. The summed E-state index contributed by atoms with van der Waals surface area (Å²) in [6.45, 7) is 5.46. The summed E-state index contributed by atoms with van der Waals surface area (Å²) in [6, 6.07) is 15.4. The highest BCUT2D eigenvalue weighted by Gasteiger charge is 2.27. The first-order valence-electron chi connectivity index (χ1n) is 11.1. The maximum Gasteiger partial charge on any atom is 0.267 e. The van der Waals surface area contributed by atoms with Crippen LogP contribution in [-0.4, -0.2) is 22.6 Å². The molecule has 170 valence electrons. The molecule has 0 bridgehead atoms. The molecule has 0 aliphatic carbocycles. The highest BCUT2D eigenvalue weighted by Crippen LogP contribution is 2.33. The van der Waals surface area contributed by atoms with Gasteiger partial charge in [-0.3, -0.25) is 9.36 Å². The fourth-order valence-electron chi connectivity index (χ4n) is 4.40. The van der Waals surface area contributed by atoms with Crippen molar-refractivity contribution in [2.45, 2.75) is 37.2 Å². The lowest BCUT2D eigenvalue weighted by atomic mass is 10.1. The molecular formula is C25H24Cl2N3OS2+. The number of halogens is 2. The van der Waals surface area contributed by atoms with Crippen molar-refractivity contribution in [3.63, 3.8) is 0 Å². The smallest absolute Gasteiger partial charge is 0.267 e. The van der Waals surface area contributed by atoms with Crippen molar-refractivity contribution in [1.29, 1.82) is 0 Å². The van der Waals surface area contributed by atoms with Gasteiger partial charge in [-0.15, -0.1) is 11.3 Å². The quantitative estimate of drug-likeness (QED) is 0.275. The third-order valence-electron chi connectivity index (χ3n) is 5.99. The minimum absolute atomic E-state index is 0.0271. The summed E-state index contributed by atoms with van der Waals surface area (Å²) in [5, 5.41) is 2.56. The zero-order valence-corrected chi connectivity index (χ0v) is 21.4. The van der Waals surface area contributed by atoms with Crippen LogP contribution in [0.4, 0.5) is 0 Å². The van der Waals surface area contributed by atoms with Gasteiger partial charge in [-0.25, -0.2) is 4.98 Å². The average Bonchev–Trinajstić information content (AvgIpc) is 3.18. The molecule has 33 heavy (non-hydrogen) atoms. The molecule has 0 fully saturated rings. The molecule has 2 aromatic carbocycles. The highest BCUT2D eigenvalue weighted by molar-refractivity contribution is 7.98. The van der Waals surface area contributed by atoms with Crippen molar-refractivity contribution in [3.8, 4) is 5.69 Å². The van der Waals surface area contributed by atoms with E-state index in [0.717, 1.165) is 41.0 Å².